The number of ether oxygens (including phenoxy) is 1. The Hall–Kier alpha value is -1.09. The fourth-order valence-electron chi connectivity index (χ4n) is 4.17. The highest BCUT2D eigenvalue weighted by Gasteiger charge is 2.45. The van der Waals surface area contributed by atoms with Crippen LogP contribution in [0.4, 0.5) is 0 Å². The lowest BCUT2D eigenvalue weighted by Gasteiger charge is -2.33. The molecule has 3 heterocycles. The average Bonchev–Trinajstić information content (AvgIpc) is 3.02. The molecule has 0 spiro atoms. The van der Waals surface area contributed by atoms with Crippen molar-refractivity contribution >= 4 is 0 Å². The first kappa shape index (κ1) is 20.6. The summed E-state index contributed by atoms with van der Waals surface area (Å²) in [4.78, 5) is 8.87. The van der Waals surface area contributed by atoms with Crippen molar-refractivity contribution in [3.63, 3.8) is 0 Å². The molecule has 7 nitrogen and oxygen atoms in total. The number of hydrogen-bond donors (Lipinski definition) is 3. The summed E-state index contributed by atoms with van der Waals surface area (Å²) in [6, 6.07) is 6.29. The van der Waals surface area contributed by atoms with Gasteiger partial charge in [-0.05, 0) is 52.2 Å². The number of nitrogens with zero attached hydrogens (tertiary/aromatic N) is 3. The molecular weight excluding hydrogens is 344 g/mol. The zero-order valence-electron chi connectivity index (χ0n) is 16.5. The average molecular weight is 379 g/mol. The van der Waals surface area contributed by atoms with Gasteiger partial charge in [0.1, 0.15) is 12.2 Å². The largest absolute Gasteiger partial charge is 0.394 e. The highest BCUT2D eigenvalue weighted by Crippen LogP contribution is 2.25. The summed E-state index contributed by atoms with van der Waals surface area (Å²) in [6.45, 7) is 3.54. The van der Waals surface area contributed by atoms with Crippen molar-refractivity contribution < 1.29 is 14.9 Å². The van der Waals surface area contributed by atoms with Crippen molar-refractivity contribution in [2.45, 2.75) is 49.7 Å². The van der Waals surface area contributed by atoms with Crippen LogP contribution in [0.15, 0.2) is 24.4 Å². The molecule has 0 radical (unpaired) electrons. The molecule has 0 saturated carbocycles. The monoisotopic (exact) mass is 378 g/mol. The molecule has 7 heteroatoms. The Labute approximate surface area is 162 Å². The van der Waals surface area contributed by atoms with E-state index < -0.39 is 12.2 Å². The van der Waals surface area contributed by atoms with Crippen LogP contribution in [-0.4, -0.2) is 102 Å². The van der Waals surface area contributed by atoms with E-state index in [4.69, 9.17) is 4.74 Å². The molecule has 0 aromatic carbocycles. The Morgan fingerprint density at radius 3 is 2.74 bits per heavy atom. The van der Waals surface area contributed by atoms with Crippen LogP contribution in [0.2, 0.25) is 0 Å². The molecule has 4 atom stereocenters. The normalized spacial score (nSPS) is 30.3. The first-order valence-corrected chi connectivity index (χ1v) is 10.0. The van der Waals surface area contributed by atoms with Gasteiger partial charge in [0, 0.05) is 37.4 Å². The molecule has 152 valence electrons. The summed E-state index contributed by atoms with van der Waals surface area (Å²) in [5.74, 6) is 0. The Kier molecular flexibility index (Phi) is 7.57. The lowest BCUT2D eigenvalue weighted by Crippen LogP contribution is -2.51. The quantitative estimate of drug-likeness (QED) is 0.574. The van der Waals surface area contributed by atoms with Crippen LogP contribution in [0.1, 0.15) is 18.5 Å². The van der Waals surface area contributed by atoms with Crippen molar-refractivity contribution in [1.29, 1.82) is 0 Å². The zero-order valence-corrected chi connectivity index (χ0v) is 16.5. The minimum Gasteiger partial charge on any atom is -0.394 e. The van der Waals surface area contributed by atoms with Gasteiger partial charge in [-0.15, -0.1) is 0 Å². The van der Waals surface area contributed by atoms with E-state index in [0.717, 1.165) is 44.6 Å². The molecule has 0 aliphatic carbocycles. The maximum Gasteiger partial charge on any atom is 0.109 e. The van der Waals surface area contributed by atoms with Gasteiger partial charge in [0.05, 0.1) is 18.8 Å². The molecule has 3 rings (SSSR count). The van der Waals surface area contributed by atoms with Crippen molar-refractivity contribution in [1.82, 2.24) is 20.1 Å². The number of likely N-dealkylation sites (tertiary alicyclic amines) is 1. The summed E-state index contributed by atoms with van der Waals surface area (Å²) in [7, 11) is 4.17. The minimum absolute atomic E-state index is 0.134. The SMILES string of the molecule is CN1CCC(NC[C@@H]2O[C@@H](CO)[C@@H](O)[C@H]2N(C)CCc2ccccn2)CC1. The maximum atomic E-state index is 10.7. The van der Waals surface area contributed by atoms with Crippen LogP contribution in [0.25, 0.3) is 0 Å². The summed E-state index contributed by atoms with van der Waals surface area (Å²) in [5.41, 5.74) is 1.04. The van der Waals surface area contributed by atoms with Crippen LogP contribution in [0.3, 0.4) is 0 Å². The highest BCUT2D eigenvalue weighted by molar-refractivity contribution is 5.04. The highest BCUT2D eigenvalue weighted by atomic mass is 16.5. The molecule has 0 amide bonds. The number of likely N-dealkylation sites (N-methyl/N-ethyl adjacent to an activating group) is 1. The number of rotatable bonds is 8. The van der Waals surface area contributed by atoms with Gasteiger partial charge in [0.25, 0.3) is 0 Å². The minimum atomic E-state index is -0.687. The Bertz CT molecular complexity index is 553. The standard InChI is InChI=1S/C20H34N4O3/c1-23-10-6-16(7-11-23)22-13-17-19(20(26)18(14-25)27-17)24(2)12-8-15-5-3-4-9-21-15/h3-5,9,16-20,22,25-26H,6-8,10-14H2,1-2H3/t17-,18-,19-,20+/m0/s1. The van der Waals surface area contributed by atoms with Crippen LogP contribution in [0, 0.1) is 0 Å². The number of aliphatic hydroxyl groups is 2. The lowest BCUT2D eigenvalue weighted by atomic mass is 10.0. The molecule has 2 aliphatic rings. The van der Waals surface area contributed by atoms with E-state index in [0.29, 0.717) is 12.6 Å². The third-order valence-corrected chi connectivity index (χ3v) is 5.92. The molecule has 0 bridgehead atoms. The number of nitrogens with one attached hydrogen (secondary N) is 1. The van der Waals surface area contributed by atoms with Gasteiger partial charge in [-0.25, -0.2) is 0 Å². The molecule has 2 fully saturated rings. The Morgan fingerprint density at radius 1 is 1.30 bits per heavy atom. The molecule has 2 aliphatic heterocycles. The second-order valence-corrected chi connectivity index (χ2v) is 7.91. The third kappa shape index (κ3) is 5.47. The fraction of sp³-hybridized carbons (Fsp3) is 0.750. The van der Waals surface area contributed by atoms with E-state index in [-0.39, 0.29) is 18.8 Å². The summed E-state index contributed by atoms with van der Waals surface area (Å²) in [5, 5.41) is 23.9. The number of aromatic nitrogens is 1. The van der Waals surface area contributed by atoms with Gasteiger partial charge >= 0.3 is 0 Å². The second-order valence-electron chi connectivity index (χ2n) is 7.91. The second kappa shape index (κ2) is 9.91. The van der Waals surface area contributed by atoms with Crippen molar-refractivity contribution in [3.8, 4) is 0 Å². The Morgan fingerprint density at radius 2 is 2.07 bits per heavy atom. The van der Waals surface area contributed by atoms with Crippen LogP contribution in [0.5, 0.6) is 0 Å². The first-order valence-electron chi connectivity index (χ1n) is 10.0. The van der Waals surface area contributed by atoms with Gasteiger partial charge in [0.15, 0.2) is 0 Å². The van der Waals surface area contributed by atoms with Crippen LogP contribution >= 0.6 is 0 Å². The molecule has 1 aromatic heterocycles. The first-order chi connectivity index (χ1) is 13.1. The Balaban J connectivity index is 1.55. The van der Waals surface area contributed by atoms with Gasteiger partial charge < -0.3 is 25.2 Å². The summed E-state index contributed by atoms with van der Waals surface area (Å²) < 4.78 is 5.99. The van der Waals surface area contributed by atoms with E-state index in [1.807, 2.05) is 25.2 Å². The van der Waals surface area contributed by atoms with E-state index in [1.165, 1.54) is 0 Å². The topological polar surface area (TPSA) is 81.1 Å². The number of pyridine rings is 1. The van der Waals surface area contributed by atoms with Gasteiger partial charge in [-0.1, -0.05) is 6.07 Å². The van der Waals surface area contributed by atoms with Crippen LogP contribution in [-0.2, 0) is 11.2 Å². The molecule has 2 saturated heterocycles. The van der Waals surface area contributed by atoms with Crippen LogP contribution < -0.4 is 5.32 Å². The zero-order chi connectivity index (χ0) is 19.2. The molecule has 1 aromatic rings. The van der Waals surface area contributed by atoms with Crippen molar-refractivity contribution in [2.24, 2.45) is 0 Å². The molecule has 0 unspecified atom stereocenters. The smallest absolute Gasteiger partial charge is 0.109 e. The van der Waals surface area contributed by atoms with E-state index >= 15 is 0 Å². The van der Waals surface area contributed by atoms with E-state index in [1.54, 1.807) is 6.20 Å². The molecular formula is C20H34N4O3. The lowest BCUT2D eigenvalue weighted by molar-refractivity contribution is -0.0221. The molecule has 27 heavy (non-hydrogen) atoms. The predicted molar refractivity (Wildman–Crippen MR) is 105 cm³/mol. The van der Waals surface area contributed by atoms with Gasteiger partial charge in [-0.2, -0.15) is 0 Å². The number of piperidine rings is 1. The number of aliphatic hydroxyl groups excluding tert-OH is 2. The van der Waals surface area contributed by atoms with Gasteiger partial charge in [0.2, 0.25) is 0 Å². The maximum absolute atomic E-state index is 10.7. The molecule has 3 N–H and O–H groups in total. The van der Waals surface area contributed by atoms with E-state index in [2.05, 4.69) is 27.1 Å². The van der Waals surface area contributed by atoms with E-state index in [9.17, 15) is 10.2 Å². The number of hydrogen-bond acceptors (Lipinski definition) is 7. The van der Waals surface area contributed by atoms with Crippen molar-refractivity contribution in [2.75, 3.05) is 46.9 Å². The summed E-state index contributed by atoms with van der Waals surface area (Å²) in [6.07, 6.45) is 3.55. The fourth-order valence-corrected chi connectivity index (χ4v) is 4.17. The van der Waals surface area contributed by atoms with Gasteiger partial charge in [-0.3, -0.25) is 9.88 Å². The van der Waals surface area contributed by atoms with Crippen molar-refractivity contribution in [3.05, 3.63) is 30.1 Å². The summed E-state index contributed by atoms with van der Waals surface area (Å²) >= 11 is 0. The predicted octanol–water partition coefficient (Wildman–Crippen LogP) is -0.271. The third-order valence-electron chi connectivity index (χ3n) is 5.92.